The molecule has 0 N–H and O–H groups in total. The van der Waals surface area contributed by atoms with Crippen molar-refractivity contribution in [1.29, 1.82) is 0 Å². The Morgan fingerprint density at radius 3 is 1.64 bits per heavy atom. The highest BCUT2D eigenvalue weighted by Gasteiger charge is 2.15. The Morgan fingerprint density at radius 2 is 1.18 bits per heavy atom. The van der Waals surface area contributed by atoms with Crippen LogP contribution >= 0.6 is 0 Å². The van der Waals surface area contributed by atoms with Crippen molar-refractivity contribution in [1.82, 2.24) is 0 Å². The summed E-state index contributed by atoms with van der Waals surface area (Å²) in [6.07, 6.45) is 18.6. The Kier molecular flexibility index (Phi) is 15.4. The third kappa shape index (κ3) is 12.0. The molecule has 1 aromatic carbocycles. The molecule has 1 aromatic rings. The van der Waals surface area contributed by atoms with Crippen LogP contribution in [0.15, 0.2) is 30.3 Å². The van der Waals surface area contributed by atoms with E-state index in [0.29, 0.717) is 6.61 Å². The maximum Gasteiger partial charge on any atom is 0.414 e. The van der Waals surface area contributed by atoms with Crippen LogP contribution in [0.1, 0.15) is 104 Å². The van der Waals surface area contributed by atoms with Gasteiger partial charge in [0.25, 0.3) is 0 Å². The zero-order valence-electron chi connectivity index (χ0n) is 18.5. The maximum absolute atomic E-state index is 12.2. The standard InChI is InChI=1S/C25H43NO2/c1-3-5-6-7-8-9-10-11-12-13-14-15-16-20-23-26(25(27)28-4-2)24-21-18-17-19-22-24/h17-19,21-22H,3-16,20,23H2,1-2H3. The van der Waals surface area contributed by atoms with Crippen LogP contribution in [0, 0.1) is 0 Å². The van der Waals surface area contributed by atoms with Gasteiger partial charge in [0.2, 0.25) is 0 Å². The molecule has 0 unspecified atom stereocenters. The Hall–Kier alpha value is -1.51. The molecule has 0 bridgehead atoms. The maximum atomic E-state index is 12.2. The van der Waals surface area contributed by atoms with Crippen molar-refractivity contribution in [2.24, 2.45) is 0 Å². The van der Waals surface area contributed by atoms with Gasteiger partial charge in [-0.3, -0.25) is 4.90 Å². The molecule has 160 valence electrons. The third-order valence-corrected chi connectivity index (χ3v) is 5.29. The molecule has 0 radical (unpaired) electrons. The summed E-state index contributed by atoms with van der Waals surface area (Å²) in [7, 11) is 0. The van der Waals surface area contributed by atoms with Crippen molar-refractivity contribution >= 4 is 11.8 Å². The van der Waals surface area contributed by atoms with Crippen LogP contribution in [0.25, 0.3) is 0 Å². The first kappa shape index (κ1) is 24.5. The zero-order valence-corrected chi connectivity index (χ0v) is 18.5. The summed E-state index contributed by atoms with van der Waals surface area (Å²) >= 11 is 0. The number of nitrogens with zero attached hydrogens (tertiary/aromatic N) is 1. The van der Waals surface area contributed by atoms with Crippen LogP contribution < -0.4 is 4.90 Å². The average Bonchev–Trinajstić information content (AvgIpc) is 2.72. The molecule has 0 spiro atoms. The van der Waals surface area contributed by atoms with E-state index in [2.05, 4.69) is 6.92 Å². The van der Waals surface area contributed by atoms with Crippen molar-refractivity contribution in [2.75, 3.05) is 18.1 Å². The van der Waals surface area contributed by atoms with Crippen molar-refractivity contribution in [3.63, 3.8) is 0 Å². The molecule has 0 atom stereocenters. The minimum absolute atomic E-state index is 0.233. The second kappa shape index (κ2) is 17.6. The minimum Gasteiger partial charge on any atom is -0.449 e. The summed E-state index contributed by atoms with van der Waals surface area (Å²) < 4.78 is 5.22. The number of unbranched alkanes of at least 4 members (excludes halogenated alkanes) is 13. The van der Waals surface area contributed by atoms with Gasteiger partial charge in [-0.2, -0.15) is 0 Å². The fourth-order valence-corrected chi connectivity index (χ4v) is 3.60. The fraction of sp³-hybridized carbons (Fsp3) is 0.720. The third-order valence-electron chi connectivity index (χ3n) is 5.29. The van der Waals surface area contributed by atoms with Crippen molar-refractivity contribution in [2.45, 2.75) is 104 Å². The minimum atomic E-state index is -0.233. The van der Waals surface area contributed by atoms with E-state index < -0.39 is 0 Å². The zero-order chi connectivity index (χ0) is 20.3. The average molecular weight is 390 g/mol. The second-order valence-electron chi connectivity index (χ2n) is 7.78. The van der Waals surface area contributed by atoms with Crippen LogP contribution in [0.4, 0.5) is 10.5 Å². The molecule has 0 fully saturated rings. The van der Waals surface area contributed by atoms with Gasteiger partial charge in [-0.25, -0.2) is 4.79 Å². The number of carbonyl (C=O) groups is 1. The number of amides is 1. The van der Waals surface area contributed by atoms with Gasteiger partial charge < -0.3 is 4.74 Å². The summed E-state index contributed by atoms with van der Waals surface area (Å²) in [6.45, 7) is 5.29. The lowest BCUT2D eigenvalue weighted by Crippen LogP contribution is -2.32. The van der Waals surface area contributed by atoms with Crippen LogP contribution in [0.2, 0.25) is 0 Å². The Morgan fingerprint density at radius 1 is 0.714 bits per heavy atom. The van der Waals surface area contributed by atoms with Gasteiger partial charge in [-0.05, 0) is 25.5 Å². The van der Waals surface area contributed by atoms with Crippen molar-refractivity contribution < 1.29 is 9.53 Å². The van der Waals surface area contributed by atoms with Gasteiger partial charge in [0.15, 0.2) is 0 Å². The van der Waals surface area contributed by atoms with Gasteiger partial charge in [0.1, 0.15) is 0 Å². The van der Waals surface area contributed by atoms with Gasteiger partial charge in [0.05, 0.1) is 6.61 Å². The van der Waals surface area contributed by atoms with Gasteiger partial charge >= 0.3 is 6.09 Å². The van der Waals surface area contributed by atoms with E-state index in [-0.39, 0.29) is 6.09 Å². The molecule has 0 aliphatic heterocycles. The number of anilines is 1. The summed E-state index contributed by atoms with van der Waals surface area (Å²) in [5.74, 6) is 0. The van der Waals surface area contributed by atoms with Crippen molar-refractivity contribution in [3.05, 3.63) is 30.3 Å². The number of rotatable bonds is 17. The lowest BCUT2D eigenvalue weighted by molar-refractivity contribution is 0.159. The topological polar surface area (TPSA) is 29.5 Å². The van der Waals surface area contributed by atoms with Crippen LogP contribution in [-0.2, 0) is 4.74 Å². The highest BCUT2D eigenvalue weighted by atomic mass is 16.6. The first-order valence-electron chi connectivity index (χ1n) is 11.8. The lowest BCUT2D eigenvalue weighted by Gasteiger charge is -2.21. The largest absolute Gasteiger partial charge is 0.449 e. The highest BCUT2D eigenvalue weighted by molar-refractivity contribution is 5.87. The van der Waals surface area contributed by atoms with E-state index in [0.717, 1.165) is 18.7 Å². The molecule has 0 heterocycles. The molecular weight excluding hydrogens is 346 g/mol. The molecule has 0 saturated carbocycles. The first-order valence-corrected chi connectivity index (χ1v) is 11.8. The number of hydrogen-bond donors (Lipinski definition) is 0. The molecule has 3 heteroatoms. The molecule has 0 aliphatic rings. The Bertz CT molecular complexity index is 475. The number of hydrogen-bond acceptors (Lipinski definition) is 2. The monoisotopic (exact) mass is 389 g/mol. The molecule has 1 amide bonds. The van der Waals surface area contributed by atoms with Gasteiger partial charge in [0, 0.05) is 12.2 Å². The number of benzene rings is 1. The van der Waals surface area contributed by atoms with Gasteiger partial charge in [-0.15, -0.1) is 0 Å². The molecular formula is C25H43NO2. The molecule has 0 aliphatic carbocycles. The lowest BCUT2D eigenvalue weighted by atomic mass is 10.0. The van der Waals surface area contributed by atoms with Crippen LogP contribution in [-0.4, -0.2) is 19.2 Å². The molecule has 28 heavy (non-hydrogen) atoms. The van der Waals surface area contributed by atoms with Gasteiger partial charge in [-0.1, -0.05) is 109 Å². The molecule has 1 rings (SSSR count). The summed E-state index contributed by atoms with van der Waals surface area (Å²) in [6, 6.07) is 9.85. The van der Waals surface area contributed by atoms with E-state index in [4.69, 9.17) is 4.74 Å². The Balaban J connectivity index is 2.03. The summed E-state index contributed by atoms with van der Waals surface area (Å²) in [5.41, 5.74) is 0.927. The van der Waals surface area contributed by atoms with E-state index in [1.54, 1.807) is 4.90 Å². The van der Waals surface area contributed by atoms with E-state index in [9.17, 15) is 4.79 Å². The smallest absolute Gasteiger partial charge is 0.414 e. The SMILES string of the molecule is CCCCCCCCCCCCCCCCN(C(=O)OCC)c1ccccc1. The Labute approximate surface area is 173 Å². The number of ether oxygens (including phenoxy) is 1. The normalized spacial score (nSPS) is 10.8. The van der Waals surface area contributed by atoms with E-state index in [1.807, 2.05) is 37.3 Å². The van der Waals surface area contributed by atoms with Crippen LogP contribution in [0.3, 0.4) is 0 Å². The summed E-state index contributed by atoms with van der Waals surface area (Å²) in [5, 5.41) is 0. The van der Waals surface area contributed by atoms with Crippen LogP contribution in [0.5, 0.6) is 0 Å². The fourth-order valence-electron chi connectivity index (χ4n) is 3.60. The first-order chi connectivity index (χ1) is 13.8. The number of carbonyl (C=O) groups excluding carboxylic acids is 1. The highest BCUT2D eigenvalue weighted by Crippen LogP contribution is 2.17. The predicted molar refractivity (Wildman–Crippen MR) is 121 cm³/mol. The van der Waals surface area contributed by atoms with E-state index >= 15 is 0 Å². The van der Waals surface area contributed by atoms with Crippen molar-refractivity contribution in [3.8, 4) is 0 Å². The molecule has 3 nitrogen and oxygen atoms in total. The van der Waals surface area contributed by atoms with E-state index in [1.165, 1.54) is 83.5 Å². The second-order valence-corrected chi connectivity index (χ2v) is 7.78. The number of para-hydroxylation sites is 1. The summed E-state index contributed by atoms with van der Waals surface area (Å²) in [4.78, 5) is 14.0. The predicted octanol–water partition coefficient (Wildman–Crippen LogP) is 8.13. The molecule has 0 aromatic heterocycles. The quantitative estimate of drug-likeness (QED) is 0.252. The molecule has 0 saturated heterocycles.